The molecule has 0 spiro atoms. The summed E-state index contributed by atoms with van der Waals surface area (Å²) in [6.07, 6.45) is 0. The molecule has 0 fully saturated rings. The van der Waals surface area contributed by atoms with E-state index >= 15 is 0 Å². The van der Waals surface area contributed by atoms with Gasteiger partial charge in [0.1, 0.15) is 11.6 Å². The number of hydrogen-bond acceptors (Lipinski definition) is 4. The van der Waals surface area contributed by atoms with E-state index in [-0.39, 0.29) is 22.7 Å². The Morgan fingerprint density at radius 2 is 1.17 bits per heavy atom. The monoisotopic (exact) mass is 833 g/mol. The summed E-state index contributed by atoms with van der Waals surface area (Å²) in [5.41, 5.74) is 19.4. The number of imidazole rings is 1. The van der Waals surface area contributed by atoms with Crippen LogP contribution in [0.15, 0.2) is 158 Å². The Kier molecular flexibility index (Phi) is 8.18. The molecule has 0 unspecified atom stereocenters. The van der Waals surface area contributed by atoms with Gasteiger partial charge in [-0.3, -0.25) is 4.57 Å². The number of aromatic hydroxyl groups is 1. The predicted octanol–water partition coefficient (Wildman–Crippen LogP) is 15.1. The molecule has 7 aromatic carbocycles. The molecule has 3 aliphatic carbocycles. The average molecular weight is 834 g/mol. The molecule has 13 rings (SSSR count). The highest BCUT2D eigenvalue weighted by Crippen LogP contribution is 2.60. The normalized spacial score (nSPS) is 15.5. The van der Waals surface area contributed by atoms with Gasteiger partial charge in [-0.15, -0.1) is 11.3 Å². The third-order valence-electron chi connectivity index (χ3n) is 13.6. The molecule has 63 heavy (non-hydrogen) atoms. The predicted molar refractivity (Wildman–Crippen MR) is 262 cm³/mol. The van der Waals surface area contributed by atoms with Gasteiger partial charge in [-0.1, -0.05) is 139 Å². The zero-order valence-corrected chi connectivity index (χ0v) is 37.2. The SMILES string of the molecule is CC(C)(C)c1cc(-c2ccc3sc4c5c(cc(O)c4c3n2)C2c3ccccc3C5c3ccccc32)cc(-c2nc3ccccc3n2-c2ccc(C(C)(C)C)cc2-c2ccccc2)c1. The minimum atomic E-state index is -0.159. The van der Waals surface area contributed by atoms with E-state index in [0.717, 1.165) is 65.2 Å². The Labute approximate surface area is 372 Å². The fourth-order valence-corrected chi connectivity index (χ4v) is 11.7. The maximum atomic E-state index is 12.1. The van der Waals surface area contributed by atoms with Gasteiger partial charge in [-0.05, 0) is 122 Å². The van der Waals surface area contributed by atoms with Crippen molar-refractivity contribution < 1.29 is 5.11 Å². The topological polar surface area (TPSA) is 50.9 Å². The largest absolute Gasteiger partial charge is 0.507 e. The number of aromatic nitrogens is 3. The number of thiophene rings is 1. The smallest absolute Gasteiger partial charge is 0.145 e. The van der Waals surface area contributed by atoms with Crippen LogP contribution in [0.1, 0.15) is 97.9 Å². The molecule has 4 nitrogen and oxygen atoms in total. The zero-order chi connectivity index (χ0) is 42.9. The zero-order valence-electron chi connectivity index (χ0n) is 36.4. The summed E-state index contributed by atoms with van der Waals surface area (Å²) >= 11 is 1.76. The number of nitrogens with zero attached hydrogens (tertiary/aromatic N) is 3. The lowest BCUT2D eigenvalue weighted by atomic mass is 9.61. The van der Waals surface area contributed by atoms with Gasteiger partial charge in [0.2, 0.25) is 0 Å². The fourth-order valence-electron chi connectivity index (χ4n) is 10.4. The molecule has 3 heterocycles. The standard InChI is InChI=1S/C58H47N3OS/c1-57(2,3)36-24-26-46(42(31-36)33-16-8-7-9-17-33)61-47-23-15-14-22-45(47)60-56(61)35-28-34(29-37(30-35)58(4,5)6)44-25-27-49-54(59-44)53-48(62)32-43-50-38-18-10-12-20-40(38)51(52(43)55(53)63-49)41-21-13-11-19-39(41)50/h7-32,50-51,62H,1-6H3. The molecule has 1 N–H and O–H groups in total. The number of fused-ring (bicyclic) bond motifs is 4. The number of benzene rings is 7. The number of hydrogen-bond donors (Lipinski definition) is 1. The van der Waals surface area contributed by atoms with Crippen LogP contribution in [0.4, 0.5) is 0 Å². The summed E-state index contributed by atoms with van der Waals surface area (Å²) in [4.78, 5) is 10.9. The molecule has 10 aromatic rings. The van der Waals surface area contributed by atoms with Crippen molar-refractivity contribution in [3.63, 3.8) is 0 Å². The van der Waals surface area contributed by atoms with Gasteiger partial charge < -0.3 is 5.11 Å². The quantitative estimate of drug-likeness (QED) is 0.192. The van der Waals surface area contributed by atoms with E-state index in [1.54, 1.807) is 11.3 Å². The van der Waals surface area contributed by atoms with Crippen LogP contribution in [0.25, 0.3) is 70.8 Å². The first-order valence-corrected chi connectivity index (χ1v) is 22.8. The second kappa shape index (κ2) is 13.6. The van der Waals surface area contributed by atoms with E-state index in [4.69, 9.17) is 9.97 Å². The van der Waals surface area contributed by atoms with Gasteiger partial charge >= 0.3 is 0 Å². The van der Waals surface area contributed by atoms with Crippen molar-refractivity contribution in [3.05, 3.63) is 202 Å². The lowest BCUT2D eigenvalue weighted by Gasteiger charge is -2.42. The Hall–Kier alpha value is -6.82. The first kappa shape index (κ1) is 37.9. The fraction of sp³-hybridized carbons (Fsp3) is 0.172. The molecule has 0 aliphatic heterocycles. The van der Waals surface area contributed by atoms with Crippen molar-refractivity contribution in [2.24, 2.45) is 0 Å². The van der Waals surface area contributed by atoms with E-state index < -0.39 is 0 Å². The van der Waals surface area contributed by atoms with Crippen molar-refractivity contribution in [3.8, 4) is 45.2 Å². The lowest BCUT2D eigenvalue weighted by Crippen LogP contribution is -2.27. The van der Waals surface area contributed by atoms with Crippen molar-refractivity contribution in [2.45, 2.75) is 64.2 Å². The average Bonchev–Trinajstić information content (AvgIpc) is 3.88. The molecule has 306 valence electrons. The van der Waals surface area contributed by atoms with Gasteiger partial charge in [-0.25, -0.2) is 9.97 Å². The summed E-state index contributed by atoms with van der Waals surface area (Å²) in [6, 6.07) is 57.1. The lowest BCUT2D eigenvalue weighted by molar-refractivity contribution is 0.480. The molecule has 0 saturated carbocycles. The van der Waals surface area contributed by atoms with Crippen LogP contribution in [0, 0.1) is 0 Å². The minimum absolute atomic E-state index is 0.0215. The van der Waals surface area contributed by atoms with E-state index in [1.807, 2.05) is 6.07 Å². The van der Waals surface area contributed by atoms with Crippen LogP contribution >= 0.6 is 11.3 Å². The molecule has 0 saturated heterocycles. The number of phenols is 1. The summed E-state index contributed by atoms with van der Waals surface area (Å²) < 4.78 is 4.55. The van der Waals surface area contributed by atoms with Crippen molar-refractivity contribution in [2.75, 3.05) is 0 Å². The minimum Gasteiger partial charge on any atom is -0.507 e. The summed E-state index contributed by atoms with van der Waals surface area (Å²) in [5, 5.41) is 12.9. The summed E-state index contributed by atoms with van der Waals surface area (Å²) in [6.45, 7) is 13.6. The first-order chi connectivity index (χ1) is 30.4. The van der Waals surface area contributed by atoms with Crippen molar-refractivity contribution in [1.82, 2.24) is 14.5 Å². The van der Waals surface area contributed by atoms with E-state index in [0.29, 0.717) is 5.75 Å². The molecular weight excluding hydrogens is 787 g/mol. The molecule has 0 radical (unpaired) electrons. The van der Waals surface area contributed by atoms with Crippen LogP contribution in [-0.4, -0.2) is 19.6 Å². The van der Waals surface area contributed by atoms with Crippen molar-refractivity contribution in [1.29, 1.82) is 0 Å². The van der Waals surface area contributed by atoms with Crippen LogP contribution < -0.4 is 0 Å². The Morgan fingerprint density at radius 3 is 1.87 bits per heavy atom. The Bertz CT molecular complexity index is 3460. The maximum absolute atomic E-state index is 12.1. The number of rotatable bonds is 4. The van der Waals surface area contributed by atoms with Crippen LogP contribution in [0.2, 0.25) is 0 Å². The number of pyridine rings is 1. The van der Waals surface area contributed by atoms with E-state index in [9.17, 15) is 5.11 Å². The van der Waals surface area contributed by atoms with Gasteiger partial charge in [0.05, 0.1) is 38.0 Å². The molecule has 2 bridgehead atoms. The van der Waals surface area contributed by atoms with Gasteiger partial charge in [-0.2, -0.15) is 0 Å². The van der Waals surface area contributed by atoms with Crippen LogP contribution in [0.3, 0.4) is 0 Å². The highest BCUT2D eigenvalue weighted by atomic mass is 32.1. The molecule has 0 amide bonds. The van der Waals surface area contributed by atoms with Gasteiger partial charge in [0.15, 0.2) is 0 Å². The maximum Gasteiger partial charge on any atom is 0.145 e. The number of para-hydroxylation sites is 2. The first-order valence-electron chi connectivity index (χ1n) is 22.0. The molecule has 5 heteroatoms. The Balaban J connectivity index is 1.06. The highest BCUT2D eigenvalue weighted by Gasteiger charge is 2.43. The third-order valence-corrected chi connectivity index (χ3v) is 14.8. The van der Waals surface area contributed by atoms with E-state index in [2.05, 4.69) is 198 Å². The van der Waals surface area contributed by atoms with Crippen LogP contribution in [-0.2, 0) is 10.8 Å². The summed E-state index contributed by atoms with van der Waals surface area (Å²) in [5.74, 6) is 1.37. The molecular formula is C58H47N3OS. The number of phenolic OH excluding ortho intramolecular Hbond substituents is 1. The van der Waals surface area contributed by atoms with Crippen molar-refractivity contribution >= 4 is 42.7 Å². The second-order valence-corrected chi connectivity index (χ2v) is 20.6. The van der Waals surface area contributed by atoms with Gasteiger partial charge in [0, 0.05) is 33.2 Å². The molecule has 3 aromatic heterocycles. The Morgan fingerprint density at radius 1 is 0.540 bits per heavy atom. The molecule has 3 aliphatic rings. The molecule has 0 atom stereocenters. The van der Waals surface area contributed by atoms with Gasteiger partial charge in [0.25, 0.3) is 0 Å². The van der Waals surface area contributed by atoms with Crippen LogP contribution in [0.5, 0.6) is 5.75 Å². The summed E-state index contributed by atoms with van der Waals surface area (Å²) in [7, 11) is 0. The van der Waals surface area contributed by atoms with E-state index in [1.165, 1.54) is 50.1 Å². The third kappa shape index (κ3) is 5.79. The highest BCUT2D eigenvalue weighted by molar-refractivity contribution is 7.26. The second-order valence-electron chi connectivity index (χ2n) is 19.5.